The van der Waals surface area contributed by atoms with Crippen LogP contribution in [0, 0.1) is 0 Å². The van der Waals surface area contributed by atoms with Crippen molar-refractivity contribution in [3.8, 4) is 11.3 Å². The topological polar surface area (TPSA) is 93.4 Å². The van der Waals surface area contributed by atoms with Crippen molar-refractivity contribution < 1.29 is 4.79 Å². The molecule has 0 saturated heterocycles. The van der Waals surface area contributed by atoms with Crippen LogP contribution in [0.25, 0.3) is 11.3 Å². The second-order valence-electron chi connectivity index (χ2n) is 6.38. The highest BCUT2D eigenvalue weighted by Crippen LogP contribution is 2.29. The zero-order chi connectivity index (χ0) is 20.4. The average Bonchev–Trinajstić information content (AvgIpc) is 3.43. The molecule has 1 aromatic carbocycles. The third kappa shape index (κ3) is 4.33. The molecule has 2 N–H and O–H groups in total. The van der Waals surface area contributed by atoms with E-state index >= 15 is 0 Å². The zero-order valence-corrected chi connectivity index (χ0v) is 16.9. The fourth-order valence-electron chi connectivity index (χ4n) is 2.83. The van der Waals surface area contributed by atoms with Gasteiger partial charge >= 0.3 is 0 Å². The van der Waals surface area contributed by atoms with Crippen molar-refractivity contribution in [1.82, 2.24) is 29.8 Å². The molecule has 0 fully saturated rings. The number of carbonyl (C=O) groups is 1. The van der Waals surface area contributed by atoms with Crippen molar-refractivity contribution >= 4 is 34.8 Å². The summed E-state index contributed by atoms with van der Waals surface area (Å²) in [6.07, 6.45) is 7.12. The third-order valence-electron chi connectivity index (χ3n) is 4.28. The van der Waals surface area contributed by atoms with Crippen LogP contribution in [-0.4, -0.2) is 35.7 Å². The maximum absolute atomic E-state index is 12.5. The first-order chi connectivity index (χ1) is 14.0. The molecule has 148 valence electrons. The molecule has 1 amide bonds. The van der Waals surface area contributed by atoms with Gasteiger partial charge in [0.15, 0.2) is 0 Å². The van der Waals surface area contributed by atoms with Gasteiger partial charge in [0, 0.05) is 35.1 Å². The number of aryl methyl sites for hydroxylation is 1. The standard InChI is InChI=1S/C19H17Cl2N7O/c1-2-27-9-12(7-22-27)10-28-11-14(8-23-28)24-19(29)18-6-17(25-26-18)15-4-3-13(20)5-16(15)21/h3-9,11H,2,10H2,1H3,(H,24,29)(H,25,26). The number of nitrogens with zero attached hydrogens (tertiary/aromatic N) is 5. The fourth-order valence-corrected chi connectivity index (χ4v) is 3.34. The van der Waals surface area contributed by atoms with Crippen molar-refractivity contribution in [2.75, 3.05) is 5.32 Å². The van der Waals surface area contributed by atoms with Gasteiger partial charge in [-0.25, -0.2) is 0 Å². The Morgan fingerprint density at radius 3 is 2.72 bits per heavy atom. The minimum Gasteiger partial charge on any atom is -0.318 e. The monoisotopic (exact) mass is 429 g/mol. The summed E-state index contributed by atoms with van der Waals surface area (Å²) in [5.74, 6) is -0.327. The number of amides is 1. The fraction of sp³-hybridized carbons (Fsp3) is 0.158. The summed E-state index contributed by atoms with van der Waals surface area (Å²) < 4.78 is 3.59. The van der Waals surface area contributed by atoms with Gasteiger partial charge in [0.1, 0.15) is 5.69 Å². The predicted molar refractivity (Wildman–Crippen MR) is 111 cm³/mol. The molecule has 0 aliphatic carbocycles. The summed E-state index contributed by atoms with van der Waals surface area (Å²) in [6, 6.07) is 6.74. The molecule has 3 aromatic heterocycles. The quantitative estimate of drug-likeness (QED) is 0.482. The Labute approximate surface area is 176 Å². The smallest absolute Gasteiger partial charge is 0.273 e. The number of rotatable bonds is 6. The number of nitrogens with one attached hydrogen (secondary N) is 2. The number of anilines is 1. The Balaban J connectivity index is 1.43. The Morgan fingerprint density at radius 2 is 1.97 bits per heavy atom. The second-order valence-corrected chi connectivity index (χ2v) is 7.22. The van der Waals surface area contributed by atoms with Crippen LogP contribution in [0.4, 0.5) is 5.69 Å². The van der Waals surface area contributed by atoms with Gasteiger partial charge in [-0.15, -0.1) is 0 Å². The number of hydrogen-bond donors (Lipinski definition) is 2. The van der Waals surface area contributed by atoms with Gasteiger partial charge in [-0.2, -0.15) is 15.3 Å². The van der Waals surface area contributed by atoms with Gasteiger partial charge in [0.2, 0.25) is 0 Å². The van der Waals surface area contributed by atoms with Crippen molar-refractivity contribution in [2.24, 2.45) is 0 Å². The Kier molecular flexibility index (Phi) is 5.37. The van der Waals surface area contributed by atoms with Crippen LogP contribution in [0.5, 0.6) is 0 Å². The first-order valence-electron chi connectivity index (χ1n) is 8.88. The number of hydrogen-bond acceptors (Lipinski definition) is 4. The molecule has 29 heavy (non-hydrogen) atoms. The normalized spacial score (nSPS) is 11.0. The van der Waals surface area contributed by atoms with Crippen LogP contribution >= 0.6 is 23.2 Å². The van der Waals surface area contributed by atoms with Crippen molar-refractivity contribution in [3.63, 3.8) is 0 Å². The van der Waals surface area contributed by atoms with Crippen LogP contribution in [0.2, 0.25) is 10.0 Å². The van der Waals surface area contributed by atoms with Crippen molar-refractivity contribution in [3.05, 3.63) is 70.4 Å². The van der Waals surface area contributed by atoms with E-state index in [2.05, 4.69) is 25.7 Å². The van der Waals surface area contributed by atoms with E-state index in [0.29, 0.717) is 39.2 Å². The van der Waals surface area contributed by atoms with Crippen LogP contribution in [0.3, 0.4) is 0 Å². The SMILES string of the molecule is CCn1cc(Cn2cc(NC(=O)c3cc(-c4ccc(Cl)cc4Cl)n[nH]3)cn2)cn1. The molecular weight excluding hydrogens is 413 g/mol. The Morgan fingerprint density at radius 1 is 1.14 bits per heavy atom. The number of H-pyrrole nitrogens is 1. The average molecular weight is 430 g/mol. The number of aromatic nitrogens is 6. The molecular formula is C19H17Cl2N7O. The van der Waals surface area contributed by atoms with E-state index < -0.39 is 0 Å². The van der Waals surface area contributed by atoms with Crippen LogP contribution < -0.4 is 5.32 Å². The van der Waals surface area contributed by atoms with Gasteiger partial charge in [0.25, 0.3) is 5.91 Å². The lowest BCUT2D eigenvalue weighted by Crippen LogP contribution is -2.11. The van der Waals surface area contributed by atoms with Crippen LogP contribution in [0.1, 0.15) is 23.0 Å². The number of aromatic amines is 1. The Bertz CT molecular complexity index is 1160. The summed E-state index contributed by atoms with van der Waals surface area (Å²) in [5, 5.41) is 19.2. The van der Waals surface area contributed by atoms with E-state index in [1.807, 2.05) is 17.8 Å². The van der Waals surface area contributed by atoms with E-state index in [1.165, 1.54) is 0 Å². The molecule has 0 bridgehead atoms. The Hall–Kier alpha value is -3.10. The number of carbonyl (C=O) groups excluding carboxylic acids is 1. The van der Waals surface area contributed by atoms with E-state index in [9.17, 15) is 4.79 Å². The maximum Gasteiger partial charge on any atom is 0.273 e. The molecule has 0 spiro atoms. The molecule has 3 heterocycles. The van der Waals surface area contributed by atoms with Gasteiger partial charge in [-0.05, 0) is 31.2 Å². The molecule has 10 heteroatoms. The minimum atomic E-state index is -0.327. The highest BCUT2D eigenvalue weighted by Gasteiger charge is 2.14. The van der Waals surface area contributed by atoms with E-state index in [4.69, 9.17) is 23.2 Å². The number of benzene rings is 1. The first-order valence-corrected chi connectivity index (χ1v) is 9.63. The lowest BCUT2D eigenvalue weighted by Gasteiger charge is -2.00. The first kappa shape index (κ1) is 19.2. The zero-order valence-electron chi connectivity index (χ0n) is 15.4. The number of halogens is 2. The summed E-state index contributed by atoms with van der Waals surface area (Å²) in [6.45, 7) is 3.41. The highest BCUT2D eigenvalue weighted by atomic mass is 35.5. The van der Waals surface area contributed by atoms with Crippen molar-refractivity contribution in [1.29, 1.82) is 0 Å². The van der Waals surface area contributed by atoms with Gasteiger partial charge < -0.3 is 5.32 Å². The maximum atomic E-state index is 12.5. The van der Waals surface area contributed by atoms with Gasteiger partial charge in [-0.1, -0.05) is 23.2 Å². The van der Waals surface area contributed by atoms with Gasteiger partial charge in [-0.3, -0.25) is 19.3 Å². The third-order valence-corrected chi connectivity index (χ3v) is 4.82. The minimum absolute atomic E-state index is 0.308. The van der Waals surface area contributed by atoms with Gasteiger partial charge in [0.05, 0.1) is 35.3 Å². The summed E-state index contributed by atoms with van der Waals surface area (Å²) in [5.41, 5.74) is 3.17. The molecule has 0 radical (unpaired) electrons. The molecule has 4 aromatic rings. The molecule has 0 aliphatic rings. The second kappa shape index (κ2) is 8.10. The molecule has 0 atom stereocenters. The van der Waals surface area contributed by atoms with Crippen LogP contribution in [0.15, 0.2) is 49.1 Å². The lowest BCUT2D eigenvalue weighted by molar-refractivity contribution is 0.102. The lowest BCUT2D eigenvalue weighted by atomic mass is 10.1. The molecule has 0 saturated carbocycles. The predicted octanol–water partition coefficient (Wildman–Crippen LogP) is 4.10. The summed E-state index contributed by atoms with van der Waals surface area (Å²) >= 11 is 12.1. The molecule has 0 unspecified atom stereocenters. The molecule has 8 nitrogen and oxygen atoms in total. The summed E-state index contributed by atoms with van der Waals surface area (Å²) in [4.78, 5) is 12.5. The molecule has 4 rings (SSSR count). The van der Waals surface area contributed by atoms with Crippen molar-refractivity contribution in [2.45, 2.75) is 20.0 Å². The van der Waals surface area contributed by atoms with E-state index in [0.717, 1.165) is 12.1 Å². The van der Waals surface area contributed by atoms with E-state index in [-0.39, 0.29) is 5.91 Å². The van der Waals surface area contributed by atoms with E-state index in [1.54, 1.807) is 47.5 Å². The largest absolute Gasteiger partial charge is 0.318 e. The highest BCUT2D eigenvalue weighted by molar-refractivity contribution is 6.36. The van der Waals surface area contributed by atoms with Crippen LogP contribution in [-0.2, 0) is 13.1 Å². The molecule has 0 aliphatic heterocycles. The summed E-state index contributed by atoms with van der Waals surface area (Å²) in [7, 11) is 0.